The number of hydrogen-bond donors (Lipinski definition) is 2. The van der Waals surface area contributed by atoms with Crippen molar-refractivity contribution in [3.8, 4) is 0 Å². The molecule has 3 rings (SSSR count). The average molecular weight is 375 g/mol. The maximum Gasteiger partial charge on any atom is 0.251 e. The summed E-state index contributed by atoms with van der Waals surface area (Å²) in [4.78, 5) is 16.1. The molecule has 0 radical (unpaired) electrons. The van der Waals surface area contributed by atoms with Gasteiger partial charge in [-0.05, 0) is 54.8 Å². The van der Waals surface area contributed by atoms with Crippen molar-refractivity contribution < 1.29 is 17.9 Å². The summed E-state index contributed by atoms with van der Waals surface area (Å²) in [5.74, 6) is -0.241. The van der Waals surface area contributed by atoms with Crippen molar-refractivity contribution in [2.24, 2.45) is 0 Å². The Morgan fingerprint density at radius 2 is 1.88 bits per heavy atom. The van der Waals surface area contributed by atoms with Crippen LogP contribution in [0.1, 0.15) is 28.8 Å². The van der Waals surface area contributed by atoms with Crippen molar-refractivity contribution in [3.05, 3.63) is 59.9 Å². The highest BCUT2D eigenvalue weighted by molar-refractivity contribution is 7.89. The summed E-state index contributed by atoms with van der Waals surface area (Å²) in [6.45, 7) is 1.38. The van der Waals surface area contributed by atoms with Gasteiger partial charge in [-0.15, -0.1) is 0 Å². The van der Waals surface area contributed by atoms with Crippen LogP contribution >= 0.6 is 0 Å². The van der Waals surface area contributed by atoms with Gasteiger partial charge in [0.15, 0.2) is 0 Å². The summed E-state index contributed by atoms with van der Waals surface area (Å²) in [5.41, 5.74) is 1.23. The molecule has 0 bridgehead atoms. The lowest BCUT2D eigenvalue weighted by atomic mass is 10.2. The molecule has 138 valence electrons. The fourth-order valence-corrected chi connectivity index (χ4v) is 3.68. The number of hydrogen-bond acceptors (Lipinski definition) is 5. The van der Waals surface area contributed by atoms with Gasteiger partial charge < -0.3 is 10.1 Å². The third-order valence-corrected chi connectivity index (χ3v) is 5.57. The van der Waals surface area contributed by atoms with E-state index in [-0.39, 0.29) is 23.5 Å². The molecule has 1 atom stereocenters. The van der Waals surface area contributed by atoms with Crippen molar-refractivity contribution in [2.75, 3.05) is 13.2 Å². The van der Waals surface area contributed by atoms with Crippen LogP contribution in [0.5, 0.6) is 0 Å². The van der Waals surface area contributed by atoms with Gasteiger partial charge in [-0.25, -0.2) is 13.1 Å². The fraction of sp³-hybridized carbons (Fsp3) is 0.333. The van der Waals surface area contributed by atoms with Gasteiger partial charge in [-0.2, -0.15) is 0 Å². The molecular formula is C18H21N3O4S. The standard InChI is InChI=1S/C18H21N3O4S/c22-18(20-13-16-2-1-11-25-16)15-3-5-17(6-4-15)26(23,24)21-12-14-7-9-19-10-8-14/h3-10,16,21H,1-2,11-13H2,(H,20,22). The van der Waals surface area contributed by atoms with Crippen LogP contribution in [-0.4, -0.2) is 38.6 Å². The summed E-state index contributed by atoms with van der Waals surface area (Å²) < 4.78 is 32.7. The number of pyridine rings is 1. The lowest BCUT2D eigenvalue weighted by molar-refractivity contribution is 0.0857. The van der Waals surface area contributed by atoms with Crippen LogP contribution in [0.2, 0.25) is 0 Å². The fourth-order valence-electron chi connectivity index (χ4n) is 2.66. The van der Waals surface area contributed by atoms with E-state index in [1.165, 1.54) is 24.3 Å². The first-order valence-corrected chi connectivity index (χ1v) is 9.91. The molecule has 1 aliphatic heterocycles. The van der Waals surface area contributed by atoms with E-state index in [0.717, 1.165) is 25.0 Å². The second-order valence-electron chi connectivity index (χ2n) is 6.05. The molecule has 2 aromatic rings. The van der Waals surface area contributed by atoms with E-state index < -0.39 is 10.0 Å². The van der Waals surface area contributed by atoms with E-state index >= 15 is 0 Å². The zero-order valence-electron chi connectivity index (χ0n) is 14.2. The van der Waals surface area contributed by atoms with Gasteiger partial charge in [0, 0.05) is 37.7 Å². The molecule has 0 aliphatic carbocycles. The molecule has 1 fully saturated rings. The van der Waals surface area contributed by atoms with Crippen LogP contribution in [0.15, 0.2) is 53.7 Å². The first kappa shape index (κ1) is 18.5. The predicted molar refractivity (Wildman–Crippen MR) is 96.0 cm³/mol. The molecule has 0 saturated carbocycles. The number of sulfonamides is 1. The Kier molecular flexibility index (Phi) is 5.97. The number of carbonyl (C=O) groups excluding carboxylic acids is 1. The molecule has 1 aliphatic rings. The smallest absolute Gasteiger partial charge is 0.251 e. The van der Waals surface area contributed by atoms with Crippen molar-refractivity contribution in [1.82, 2.24) is 15.0 Å². The van der Waals surface area contributed by atoms with Crippen LogP contribution in [0.4, 0.5) is 0 Å². The molecule has 0 spiro atoms. The Hall–Kier alpha value is -2.29. The van der Waals surface area contributed by atoms with Crippen molar-refractivity contribution in [2.45, 2.75) is 30.4 Å². The number of nitrogens with zero attached hydrogens (tertiary/aromatic N) is 1. The van der Waals surface area contributed by atoms with E-state index in [9.17, 15) is 13.2 Å². The molecule has 1 saturated heterocycles. The van der Waals surface area contributed by atoms with E-state index in [2.05, 4.69) is 15.0 Å². The van der Waals surface area contributed by atoms with Gasteiger partial charge >= 0.3 is 0 Å². The van der Waals surface area contributed by atoms with Crippen molar-refractivity contribution in [1.29, 1.82) is 0 Å². The first-order valence-electron chi connectivity index (χ1n) is 8.43. The van der Waals surface area contributed by atoms with Gasteiger partial charge in [0.2, 0.25) is 10.0 Å². The van der Waals surface area contributed by atoms with Gasteiger partial charge in [-0.3, -0.25) is 9.78 Å². The topological polar surface area (TPSA) is 97.4 Å². The van der Waals surface area contributed by atoms with Gasteiger partial charge in [-0.1, -0.05) is 0 Å². The number of benzene rings is 1. The summed E-state index contributed by atoms with van der Waals surface area (Å²) in [6, 6.07) is 9.34. The largest absolute Gasteiger partial charge is 0.376 e. The third kappa shape index (κ3) is 4.87. The lowest BCUT2D eigenvalue weighted by Crippen LogP contribution is -2.31. The highest BCUT2D eigenvalue weighted by Crippen LogP contribution is 2.13. The number of rotatable bonds is 7. The Bertz CT molecular complexity index is 832. The summed E-state index contributed by atoms with van der Waals surface area (Å²) in [6.07, 6.45) is 5.23. The van der Waals surface area contributed by atoms with Crippen LogP contribution in [-0.2, 0) is 21.3 Å². The second-order valence-corrected chi connectivity index (χ2v) is 7.82. The summed E-state index contributed by atoms with van der Waals surface area (Å²) in [7, 11) is -3.65. The molecule has 7 nitrogen and oxygen atoms in total. The third-order valence-electron chi connectivity index (χ3n) is 4.16. The monoisotopic (exact) mass is 375 g/mol. The number of amides is 1. The van der Waals surface area contributed by atoms with Crippen LogP contribution in [0.25, 0.3) is 0 Å². The minimum Gasteiger partial charge on any atom is -0.376 e. The molecule has 2 heterocycles. The Morgan fingerprint density at radius 1 is 1.15 bits per heavy atom. The van der Waals surface area contributed by atoms with Gasteiger partial charge in [0.1, 0.15) is 0 Å². The zero-order chi connectivity index (χ0) is 18.4. The van der Waals surface area contributed by atoms with Crippen LogP contribution in [0.3, 0.4) is 0 Å². The molecular weight excluding hydrogens is 354 g/mol. The maximum atomic E-state index is 12.3. The quantitative estimate of drug-likeness (QED) is 0.764. The number of aromatic nitrogens is 1. The molecule has 1 unspecified atom stereocenters. The Balaban J connectivity index is 1.57. The highest BCUT2D eigenvalue weighted by atomic mass is 32.2. The van der Waals surface area contributed by atoms with E-state index in [1.807, 2.05) is 0 Å². The van der Waals surface area contributed by atoms with Gasteiger partial charge in [0.25, 0.3) is 5.91 Å². The van der Waals surface area contributed by atoms with Crippen LogP contribution in [0, 0.1) is 0 Å². The van der Waals surface area contributed by atoms with Crippen molar-refractivity contribution >= 4 is 15.9 Å². The van der Waals surface area contributed by atoms with Crippen LogP contribution < -0.4 is 10.0 Å². The van der Waals surface area contributed by atoms with Gasteiger partial charge in [0.05, 0.1) is 11.0 Å². The van der Waals surface area contributed by atoms with E-state index in [1.54, 1.807) is 24.5 Å². The number of nitrogens with one attached hydrogen (secondary N) is 2. The molecule has 1 amide bonds. The summed E-state index contributed by atoms with van der Waals surface area (Å²) in [5, 5.41) is 2.81. The zero-order valence-corrected chi connectivity index (χ0v) is 15.0. The second kappa shape index (κ2) is 8.39. The number of carbonyl (C=O) groups is 1. The van der Waals surface area contributed by atoms with E-state index in [0.29, 0.717) is 12.1 Å². The predicted octanol–water partition coefficient (Wildman–Crippen LogP) is 1.47. The molecule has 26 heavy (non-hydrogen) atoms. The lowest BCUT2D eigenvalue weighted by Gasteiger charge is -2.11. The Morgan fingerprint density at radius 3 is 2.54 bits per heavy atom. The SMILES string of the molecule is O=C(NCC1CCCO1)c1ccc(S(=O)(=O)NCc2ccncc2)cc1. The molecule has 1 aromatic heterocycles. The first-order chi connectivity index (χ1) is 12.5. The summed E-state index contributed by atoms with van der Waals surface area (Å²) >= 11 is 0. The van der Waals surface area contributed by atoms with Crippen molar-refractivity contribution in [3.63, 3.8) is 0 Å². The van der Waals surface area contributed by atoms with E-state index in [4.69, 9.17) is 4.74 Å². The normalized spacial score (nSPS) is 17.2. The molecule has 1 aromatic carbocycles. The molecule has 8 heteroatoms. The average Bonchev–Trinajstić information content (AvgIpc) is 3.19. The highest BCUT2D eigenvalue weighted by Gasteiger charge is 2.18. The maximum absolute atomic E-state index is 12.3. The Labute approximate surface area is 152 Å². The number of ether oxygens (including phenoxy) is 1. The molecule has 2 N–H and O–H groups in total. The minimum atomic E-state index is -3.65. The minimum absolute atomic E-state index is 0.0657.